The van der Waals surface area contributed by atoms with Crippen molar-refractivity contribution in [2.45, 2.75) is 33.6 Å². The topological polar surface area (TPSA) is 38.2 Å². The normalized spacial score (nSPS) is 17.6. The molecule has 1 saturated heterocycles. The first-order chi connectivity index (χ1) is 8.91. The molecule has 1 fully saturated rings. The van der Waals surface area contributed by atoms with Crippen molar-refractivity contribution in [1.29, 1.82) is 0 Å². The molecule has 1 aliphatic rings. The van der Waals surface area contributed by atoms with Crippen molar-refractivity contribution in [3.63, 3.8) is 0 Å². The van der Waals surface area contributed by atoms with Gasteiger partial charge in [0.1, 0.15) is 0 Å². The molecule has 1 aliphatic heterocycles. The molecule has 0 amide bonds. The zero-order chi connectivity index (χ0) is 14.0. The van der Waals surface area contributed by atoms with E-state index in [0.717, 1.165) is 29.4 Å². The van der Waals surface area contributed by atoms with E-state index in [4.69, 9.17) is 4.74 Å². The van der Waals surface area contributed by atoms with Gasteiger partial charge in [0.15, 0.2) is 0 Å². The maximum Gasteiger partial charge on any atom is 0.232 e. The lowest BCUT2D eigenvalue weighted by atomic mass is 9.75. The zero-order valence-corrected chi connectivity index (χ0v) is 13.7. The number of hydrogen-bond donors (Lipinski definition) is 0. The summed E-state index contributed by atoms with van der Waals surface area (Å²) in [6.07, 6.45) is 4.16. The Kier molecular flexibility index (Phi) is 4.33. The Balaban J connectivity index is 2.05. The zero-order valence-electron chi connectivity index (χ0n) is 12.1. The number of nitrogens with zero attached hydrogens (tertiary/aromatic N) is 3. The summed E-state index contributed by atoms with van der Waals surface area (Å²) in [6, 6.07) is 0. The van der Waals surface area contributed by atoms with Gasteiger partial charge in [-0.25, -0.2) is 4.98 Å². The van der Waals surface area contributed by atoms with Gasteiger partial charge in [0.05, 0.1) is 17.8 Å². The Morgan fingerprint density at radius 2 is 1.95 bits per heavy atom. The van der Waals surface area contributed by atoms with Crippen LogP contribution in [0.1, 0.15) is 33.6 Å². The van der Waals surface area contributed by atoms with E-state index in [9.17, 15) is 0 Å². The predicted octanol–water partition coefficient (Wildman–Crippen LogP) is 3.51. The average molecular weight is 328 g/mol. The first-order valence-corrected chi connectivity index (χ1v) is 7.52. The van der Waals surface area contributed by atoms with Gasteiger partial charge >= 0.3 is 0 Å². The van der Waals surface area contributed by atoms with Crippen LogP contribution < -0.4 is 9.64 Å². The second-order valence-electron chi connectivity index (χ2n) is 6.15. The smallest absolute Gasteiger partial charge is 0.232 e. The van der Waals surface area contributed by atoms with Gasteiger partial charge in [0.25, 0.3) is 0 Å². The van der Waals surface area contributed by atoms with E-state index in [-0.39, 0.29) is 0 Å². The highest BCUT2D eigenvalue weighted by atomic mass is 79.9. The molecule has 106 valence electrons. The van der Waals surface area contributed by atoms with E-state index in [0.29, 0.717) is 11.3 Å². The van der Waals surface area contributed by atoms with Crippen molar-refractivity contribution in [1.82, 2.24) is 9.97 Å². The molecule has 1 aromatic heterocycles. The van der Waals surface area contributed by atoms with Gasteiger partial charge in [-0.1, -0.05) is 20.8 Å². The van der Waals surface area contributed by atoms with Crippen LogP contribution in [0.2, 0.25) is 0 Å². The van der Waals surface area contributed by atoms with Crippen LogP contribution >= 0.6 is 15.9 Å². The molecule has 0 aliphatic carbocycles. The molecule has 0 spiro atoms. The number of aromatic nitrogens is 2. The number of hydrogen-bond acceptors (Lipinski definition) is 4. The van der Waals surface area contributed by atoms with Gasteiger partial charge in [-0.15, -0.1) is 0 Å². The molecular formula is C14H22BrN3O. The number of anilines is 1. The Morgan fingerprint density at radius 3 is 2.47 bits per heavy atom. The van der Waals surface area contributed by atoms with Crippen molar-refractivity contribution in [2.24, 2.45) is 11.3 Å². The first-order valence-electron chi connectivity index (χ1n) is 6.73. The molecular weight excluding hydrogens is 306 g/mol. The number of rotatable bonds is 2. The van der Waals surface area contributed by atoms with Crippen LogP contribution in [0, 0.1) is 11.3 Å². The highest BCUT2D eigenvalue weighted by Crippen LogP contribution is 2.35. The summed E-state index contributed by atoms with van der Waals surface area (Å²) in [4.78, 5) is 11.1. The predicted molar refractivity (Wildman–Crippen MR) is 80.7 cm³/mol. The van der Waals surface area contributed by atoms with Gasteiger partial charge in [0.2, 0.25) is 11.8 Å². The summed E-state index contributed by atoms with van der Waals surface area (Å²) in [6.45, 7) is 9.02. The lowest BCUT2D eigenvalue weighted by Crippen LogP contribution is -2.38. The third-order valence-corrected chi connectivity index (χ3v) is 4.44. The minimum atomic E-state index is 0.393. The summed E-state index contributed by atoms with van der Waals surface area (Å²) < 4.78 is 6.02. The summed E-state index contributed by atoms with van der Waals surface area (Å²) in [5, 5.41) is 0. The second kappa shape index (κ2) is 5.65. The minimum absolute atomic E-state index is 0.393. The van der Waals surface area contributed by atoms with Crippen molar-refractivity contribution >= 4 is 21.9 Å². The molecule has 5 heteroatoms. The van der Waals surface area contributed by atoms with Crippen LogP contribution in [0.15, 0.2) is 10.7 Å². The number of methoxy groups -OCH3 is 1. The van der Waals surface area contributed by atoms with E-state index in [2.05, 4.69) is 51.6 Å². The lowest BCUT2D eigenvalue weighted by Gasteiger charge is -2.38. The van der Waals surface area contributed by atoms with Gasteiger partial charge < -0.3 is 9.64 Å². The quantitative estimate of drug-likeness (QED) is 0.833. The summed E-state index contributed by atoms with van der Waals surface area (Å²) in [5.74, 6) is 2.15. The van der Waals surface area contributed by atoms with E-state index < -0.39 is 0 Å². The third-order valence-electron chi connectivity index (χ3n) is 3.90. The van der Waals surface area contributed by atoms with Crippen molar-refractivity contribution in [3.8, 4) is 5.88 Å². The molecule has 0 atom stereocenters. The molecule has 2 heterocycles. The van der Waals surface area contributed by atoms with E-state index in [1.807, 2.05) is 0 Å². The lowest BCUT2D eigenvalue weighted by molar-refractivity contribution is 0.198. The molecule has 0 aromatic carbocycles. The summed E-state index contributed by atoms with van der Waals surface area (Å²) in [7, 11) is 1.63. The fourth-order valence-electron chi connectivity index (χ4n) is 2.58. The number of piperidine rings is 1. The fraction of sp³-hybridized carbons (Fsp3) is 0.714. The maximum atomic E-state index is 5.23. The Labute approximate surface area is 123 Å². The van der Waals surface area contributed by atoms with Crippen molar-refractivity contribution in [3.05, 3.63) is 10.7 Å². The SMILES string of the molecule is COc1nc(N2CCC(C(C)(C)C)CC2)ncc1Br. The molecule has 1 aromatic rings. The molecule has 0 saturated carbocycles. The van der Waals surface area contributed by atoms with Crippen LogP contribution in [-0.4, -0.2) is 30.2 Å². The molecule has 19 heavy (non-hydrogen) atoms. The van der Waals surface area contributed by atoms with Crippen LogP contribution in [0.3, 0.4) is 0 Å². The maximum absolute atomic E-state index is 5.23. The van der Waals surface area contributed by atoms with E-state index in [1.54, 1.807) is 13.3 Å². The molecule has 0 bridgehead atoms. The van der Waals surface area contributed by atoms with Gasteiger partial charge in [-0.2, -0.15) is 4.98 Å². The third kappa shape index (κ3) is 3.38. The van der Waals surface area contributed by atoms with Crippen LogP contribution in [0.4, 0.5) is 5.95 Å². The Morgan fingerprint density at radius 1 is 1.32 bits per heavy atom. The standard InChI is InChI=1S/C14H22BrN3O/c1-14(2,3)10-5-7-18(8-6-10)13-16-9-11(15)12(17-13)19-4/h9-10H,5-8H2,1-4H3. The van der Waals surface area contributed by atoms with Gasteiger partial charge in [0, 0.05) is 13.1 Å². The van der Waals surface area contributed by atoms with Gasteiger partial charge in [-0.3, -0.25) is 0 Å². The highest BCUT2D eigenvalue weighted by molar-refractivity contribution is 9.10. The van der Waals surface area contributed by atoms with Crippen LogP contribution in [0.25, 0.3) is 0 Å². The van der Waals surface area contributed by atoms with Crippen molar-refractivity contribution in [2.75, 3.05) is 25.1 Å². The van der Waals surface area contributed by atoms with Crippen molar-refractivity contribution < 1.29 is 4.74 Å². The average Bonchev–Trinajstić information content (AvgIpc) is 2.38. The number of ether oxygens (including phenoxy) is 1. The highest BCUT2D eigenvalue weighted by Gasteiger charge is 2.29. The fourth-order valence-corrected chi connectivity index (χ4v) is 2.94. The second-order valence-corrected chi connectivity index (χ2v) is 7.01. The largest absolute Gasteiger partial charge is 0.480 e. The minimum Gasteiger partial charge on any atom is -0.480 e. The summed E-state index contributed by atoms with van der Waals surface area (Å²) in [5.41, 5.74) is 0.393. The summed E-state index contributed by atoms with van der Waals surface area (Å²) >= 11 is 3.38. The van der Waals surface area contributed by atoms with Crippen LogP contribution in [-0.2, 0) is 0 Å². The van der Waals surface area contributed by atoms with E-state index in [1.165, 1.54) is 12.8 Å². The van der Waals surface area contributed by atoms with Crippen LogP contribution in [0.5, 0.6) is 5.88 Å². The van der Waals surface area contributed by atoms with E-state index >= 15 is 0 Å². The monoisotopic (exact) mass is 327 g/mol. The molecule has 0 N–H and O–H groups in total. The number of halogens is 1. The molecule has 4 nitrogen and oxygen atoms in total. The molecule has 0 radical (unpaired) electrons. The Bertz CT molecular complexity index is 437. The van der Waals surface area contributed by atoms with Gasteiger partial charge in [-0.05, 0) is 40.1 Å². The molecule has 0 unspecified atom stereocenters. The Hall–Kier alpha value is -0.840. The molecule has 2 rings (SSSR count). The first kappa shape index (κ1) is 14.6.